The van der Waals surface area contributed by atoms with E-state index in [1.54, 1.807) is 0 Å². The molecule has 11 nitrogen and oxygen atoms in total. The lowest BCUT2D eigenvalue weighted by Gasteiger charge is -2.44. The van der Waals surface area contributed by atoms with Crippen LogP contribution in [0.5, 0.6) is 0 Å². The third kappa shape index (κ3) is 3.65. The summed E-state index contributed by atoms with van der Waals surface area (Å²) < 4.78 is 15.1. The van der Waals surface area contributed by atoms with Gasteiger partial charge < -0.3 is 55.1 Å². The quantitative estimate of drug-likeness (QED) is 0.243. The molecule has 23 heavy (non-hydrogen) atoms. The van der Waals surface area contributed by atoms with Crippen LogP contribution in [0.2, 0.25) is 0 Å². The van der Waals surface area contributed by atoms with Gasteiger partial charge in [0, 0.05) is 0 Å². The molecular formula is C12H22O11. The van der Waals surface area contributed by atoms with Crippen molar-refractivity contribution < 1.29 is 55.1 Å². The molecule has 0 amide bonds. The van der Waals surface area contributed by atoms with Crippen molar-refractivity contribution in [1.29, 1.82) is 0 Å². The summed E-state index contributed by atoms with van der Waals surface area (Å²) >= 11 is 0. The van der Waals surface area contributed by atoms with Gasteiger partial charge in [-0.3, -0.25) is 0 Å². The minimum Gasteiger partial charge on any atom is -0.394 e. The smallest absolute Gasteiger partial charge is 0.187 e. The van der Waals surface area contributed by atoms with Gasteiger partial charge in [-0.1, -0.05) is 0 Å². The van der Waals surface area contributed by atoms with Gasteiger partial charge in [0.15, 0.2) is 12.6 Å². The van der Waals surface area contributed by atoms with Crippen LogP contribution in [0.3, 0.4) is 0 Å². The first-order chi connectivity index (χ1) is 10.8. The summed E-state index contributed by atoms with van der Waals surface area (Å²) in [6.07, 6.45) is -15.6. The van der Waals surface area contributed by atoms with E-state index in [0.29, 0.717) is 0 Å². The van der Waals surface area contributed by atoms with E-state index in [1.165, 1.54) is 0 Å². The molecule has 11 heteroatoms. The van der Waals surface area contributed by atoms with Gasteiger partial charge in [0.05, 0.1) is 13.2 Å². The lowest BCUT2D eigenvalue weighted by Crippen LogP contribution is -2.64. The molecule has 2 saturated heterocycles. The molecule has 0 bridgehead atoms. The minimum atomic E-state index is -1.75. The molecule has 0 saturated carbocycles. The van der Waals surface area contributed by atoms with Gasteiger partial charge in [-0.25, -0.2) is 0 Å². The fourth-order valence-electron chi connectivity index (χ4n) is 2.55. The molecule has 0 aromatic heterocycles. The second kappa shape index (κ2) is 7.63. The average molecular weight is 342 g/mol. The van der Waals surface area contributed by atoms with Gasteiger partial charge in [0.25, 0.3) is 0 Å². The third-order valence-corrected chi connectivity index (χ3v) is 3.98. The van der Waals surface area contributed by atoms with E-state index in [2.05, 4.69) is 0 Å². The molecule has 2 rings (SSSR count). The first-order valence-corrected chi connectivity index (χ1v) is 7.08. The zero-order valence-corrected chi connectivity index (χ0v) is 12.0. The molecule has 2 fully saturated rings. The highest BCUT2D eigenvalue weighted by Gasteiger charge is 2.50. The van der Waals surface area contributed by atoms with Crippen LogP contribution in [0.1, 0.15) is 0 Å². The van der Waals surface area contributed by atoms with Crippen molar-refractivity contribution >= 4 is 0 Å². The normalized spacial score (nSPS) is 51.7. The van der Waals surface area contributed by atoms with E-state index in [4.69, 9.17) is 24.4 Å². The second-order valence-electron chi connectivity index (χ2n) is 5.53. The van der Waals surface area contributed by atoms with Crippen molar-refractivity contribution in [2.24, 2.45) is 0 Å². The number of ether oxygens (including phenoxy) is 3. The topological polar surface area (TPSA) is 190 Å². The Balaban J connectivity index is 2.08. The molecule has 0 spiro atoms. The van der Waals surface area contributed by atoms with Crippen LogP contribution in [0.4, 0.5) is 0 Å². The summed E-state index contributed by atoms with van der Waals surface area (Å²) in [7, 11) is 0. The van der Waals surface area contributed by atoms with Gasteiger partial charge in [-0.15, -0.1) is 0 Å². The SMILES string of the molecule is OC[C@H]1O[C@H](O[C@H]2[C@@H](O)[C@H](O)[C@@H](CO)O[C@@H]2O)[C@@H](O)[C@@H](O)[C@@H]1O. The molecular weight excluding hydrogens is 320 g/mol. The summed E-state index contributed by atoms with van der Waals surface area (Å²) in [6.45, 7) is -1.33. The molecule has 136 valence electrons. The van der Waals surface area contributed by atoms with Crippen LogP contribution < -0.4 is 0 Å². The monoisotopic (exact) mass is 342 g/mol. The molecule has 0 aromatic rings. The Hall–Kier alpha value is -0.440. The third-order valence-electron chi connectivity index (χ3n) is 3.98. The van der Waals surface area contributed by atoms with Gasteiger partial charge in [0.1, 0.15) is 48.8 Å². The van der Waals surface area contributed by atoms with E-state index >= 15 is 0 Å². The van der Waals surface area contributed by atoms with Gasteiger partial charge >= 0.3 is 0 Å². The molecule has 2 aliphatic rings. The molecule has 2 aliphatic heterocycles. The predicted molar refractivity (Wildman–Crippen MR) is 68.6 cm³/mol. The summed E-state index contributed by atoms with van der Waals surface area (Å²) in [5.74, 6) is 0. The molecule has 2 heterocycles. The Morgan fingerprint density at radius 2 is 1.17 bits per heavy atom. The second-order valence-corrected chi connectivity index (χ2v) is 5.53. The zero-order valence-electron chi connectivity index (χ0n) is 12.0. The Morgan fingerprint density at radius 3 is 1.74 bits per heavy atom. The van der Waals surface area contributed by atoms with Crippen LogP contribution in [0.15, 0.2) is 0 Å². The van der Waals surface area contributed by atoms with E-state index in [-0.39, 0.29) is 0 Å². The number of hydrogen-bond donors (Lipinski definition) is 8. The maximum atomic E-state index is 9.94. The van der Waals surface area contributed by atoms with Gasteiger partial charge in [-0.05, 0) is 0 Å². The zero-order chi connectivity index (χ0) is 17.3. The summed E-state index contributed by atoms with van der Waals surface area (Å²) in [4.78, 5) is 0. The van der Waals surface area contributed by atoms with Crippen molar-refractivity contribution in [3.63, 3.8) is 0 Å². The van der Waals surface area contributed by atoms with Crippen LogP contribution >= 0.6 is 0 Å². The number of aliphatic hydroxyl groups is 8. The maximum absolute atomic E-state index is 9.94. The van der Waals surface area contributed by atoms with E-state index in [9.17, 15) is 30.6 Å². The first-order valence-electron chi connectivity index (χ1n) is 7.08. The van der Waals surface area contributed by atoms with Crippen LogP contribution in [-0.4, -0.2) is 115 Å². The van der Waals surface area contributed by atoms with Crippen LogP contribution in [-0.2, 0) is 14.2 Å². The Kier molecular flexibility index (Phi) is 6.27. The molecule has 0 unspecified atom stereocenters. The first kappa shape index (κ1) is 18.9. The summed E-state index contributed by atoms with van der Waals surface area (Å²) in [5, 5.41) is 76.7. The summed E-state index contributed by atoms with van der Waals surface area (Å²) in [5.41, 5.74) is 0. The lowest BCUT2D eigenvalue weighted by atomic mass is 9.97. The van der Waals surface area contributed by atoms with Crippen molar-refractivity contribution in [2.45, 2.75) is 61.4 Å². The highest BCUT2D eigenvalue weighted by Crippen LogP contribution is 2.28. The lowest BCUT2D eigenvalue weighted by molar-refractivity contribution is -0.361. The van der Waals surface area contributed by atoms with Crippen molar-refractivity contribution in [3.05, 3.63) is 0 Å². The minimum absolute atomic E-state index is 0.651. The van der Waals surface area contributed by atoms with Gasteiger partial charge in [0.2, 0.25) is 0 Å². The predicted octanol–water partition coefficient (Wildman–Crippen LogP) is -5.40. The fraction of sp³-hybridized carbons (Fsp3) is 1.00. The maximum Gasteiger partial charge on any atom is 0.187 e. The fourth-order valence-corrected chi connectivity index (χ4v) is 2.55. The number of aliphatic hydroxyl groups excluding tert-OH is 8. The van der Waals surface area contributed by atoms with E-state index < -0.39 is 74.6 Å². The molecule has 10 atom stereocenters. The number of rotatable bonds is 4. The van der Waals surface area contributed by atoms with Crippen molar-refractivity contribution in [2.75, 3.05) is 13.2 Å². The largest absolute Gasteiger partial charge is 0.394 e. The van der Waals surface area contributed by atoms with E-state index in [1.807, 2.05) is 0 Å². The van der Waals surface area contributed by atoms with E-state index in [0.717, 1.165) is 0 Å². The average Bonchev–Trinajstić information content (AvgIpc) is 2.54. The van der Waals surface area contributed by atoms with Gasteiger partial charge in [-0.2, -0.15) is 0 Å². The molecule has 0 aliphatic carbocycles. The Bertz CT molecular complexity index is 380. The molecule has 0 aromatic carbocycles. The number of hydrogen-bond acceptors (Lipinski definition) is 11. The Labute approximate surface area is 130 Å². The van der Waals surface area contributed by atoms with Crippen molar-refractivity contribution in [3.8, 4) is 0 Å². The van der Waals surface area contributed by atoms with Crippen molar-refractivity contribution in [1.82, 2.24) is 0 Å². The van der Waals surface area contributed by atoms with Crippen LogP contribution in [0.25, 0.3) is 0 Å². The highest BCUT2D eigenvalue weighted by molar-refractivity contribution is 4.93. The standard InChI is InChI=1S/C12H22O11/c13-1-3-6(16)8(18)10(11(20)21-3)23-12-9(19)7(17)5(15)4(2-14)22-12/h3-20H,1-2H2/t3-,4-,5-,6-,7+,8+,9+,10+,11+,12-/m1/s1. The molecule has 8 N–H and O–H groups in total. The molecule has 0 radical (unpaired) electrons. The summed E-state index contributed by atoms with van der Waals surface area (Å²) in [6, 6.07) is 0. The Morgan fingerprint density at radius 1 is 0.652 bits per heavy atom. The van der Waals surface area contributed by atoms with Crippen LogP contribution in [0, 0.1) is 0 Å². The highest BCUT2D eigenvalue weighted by atomic mass is 16.7.